The van der Waals surface area contributed by atoms with Crippen molar-refractivity contribution in [3.63, 3.8) is 0 Å². The third-order valence-corrected chi connectivity index (χ3v) is 6.36. The first kappa shape index (κ1) is 20.4. The molecule has 2 fully saturated rings. The highest BCUT2D eigenvalue weighted by atomic mass is 28.3. The molecule has 0 radical (unpaired) electrons. The molecule has 1 N–H and O–H groups in total. The van der Waals surface area contributed by atoms with Crippen molar-refractivity contribution in [2.75, 3.05) is 6.61 Å². The highest BCUT2D eigenvalue weighted by molar-refractivity contribution is 6.76. The normalized spacial score (nSPS) is 23.7. The zero-order valence-corrected chi connectivity index (χ0v) is 16.7. The molecule has 0 atom stereocenters. The number of carbonyl (C=O) groups excluding carboxylic acids is 4. The van der Waals surface area contributed by atoms with Crippen LogP contribution in [0.15, 0.2) is 0 Å². The van der Waals surface area contributed by atoms with Crippen molar-refractivity contribution in [3.8, 4) is 0 Å². The predicted molar refractivity (Wildman–Crippen MR) is 95.6 cm³/mol. The van der Waals surface area contributed by atoms with Gasteiger partial charge in [-0.1, -0.05) is 19.6 Å². The first-order chi connectivity index (χ1) is 12.2. The molecule has 0 unspecified atom stereocenters. The van der Waals surface area contributed by atoms with Gasteiger partial charge in [-0.15, -0.1) is 5.06 Å². The van der Waals surface area contributed by atoms with Crippen LogP contribution in [0.2, 0.25) is 25.7 Å². The van der Waals surface area contributed by atoms with Crippen molar-refractivity contribution in [1.29, 1.82) is 0 Å². The van der Waals surface area contributed by atoms with Gasteiger partial charge in [0.05, 0.1) is 12.5 Å². The van der Waals surface area contributed by atoms with Gasteiger partial charge in [0.1, 0.15) is 0 Å². The largest absolute Gasteiger partial charge is 0.450 e. The molecule has 1 aliphatic heterocycles. The van der Waals surface area contributed by atoms with Crippen LogP contribution in [-0.4, -0.2) is 49.7 Å². The molecule has 2 rings (SSSR count). The summed E-state index contributed by atoms with van der Waals surface area (Å²) in [5.74, 6) is -1.86. The number of rotatable bonds is 6. The molecule has 0 aromatic rings. The van der Waals surface area contributed by atoms with E-state index in [1.54, 1.807) is 0 Å². The zero-order chi connectivity index (χ0) is 19.3. The van der Waals surface area contributed by atoms with E-state index in [0.29, 0.717) is 37.4 Å². The molecule has 1 saturated heterocycles. The molecule has 9 heteroatoms. The van der Waals surface area contributed by atoms with Crippen LogP contribution in [-0.2, 0) is 24.0 Å². The lowest BCUT2D eigenvalue weighted by Crippen LogP contribution is -2.41. The van der Waals surface area contributed by atoms with Crippen LogP contribution >= 0.6 is 0 Å². The molecule has 146 valence electrons. The monoisotopic (exact) mass is 384 g/mol. The van der Waals surface area contributed by atoms with E-state index >= 15 is 0 Å². The van der Waals surface area contributed by atoms with E-state index in [9.17, 15) is 19.2 Å². The van der Waals surface area contributed by atoms with Crippen molar-refractivity contribution < 1.29 is 28.8 Å². The lowest BCUT2D eigenvalue weighted by atomic mass is 9.86. The number of hydrogen-bond donors (Lipinski definition) is 1. The van der Waals surface area contributed by atoms with E-state index in [2.05, 4.69) is 25.0 Å². The van der Waals surface area contributed by atoms with Gasteiger partial charge in [0.15, 0.2) is 0 Å². The molecule has 0 aromatic heterocycles. The van der Waals surface area contributed by atoms with Crippen LogP contribution in [0.1, 0.15) is 38.5 Å². The maximum Gasteiger partial charge on any atom is 0.407 e. The summed E-state index contributed by atoms with van der Waals surface area (Å²) in [7, 11) is -1.23. The fraction of sp³-hybridized carbons (Fsp3) is 0.765. The summed E-state index contributed by atoms with van der Waals surface area (Å²) in [6.45, 7) is 7.09. The van der Waals surface area contributed by atoms with Crippen molar-refractivity contribution >= 4 is 32.0 Å². The van der Waals surface area contributed by atoms with Crippen molar-refractivity contribution in [2.24, 2.45) is 5.92 Å². The minimum absolute atomic E-state index is 0.0338. The molecule has 26 heavy (non-hydrogen) atoms. The predicted octanol–water partition coefficient (Wildman–Crippen LogP) is 2.22. The van der Waals surface area contributed by atoms with E-state index in [4.69, 9.17) is 9.57 Å². The number of nitrogens with zero attached hydrogens (tertiary/aromatic N) is 1. The van der Waals surface area contributed by atoms with Gasteiger partial charge >= 0.3 is 12.1 Å². The molecule has 8 nitrogen and oxygen atoms in total. The van der Waals surface area contributed by atoms with Gasteiger partial charge in [0.25, 0.3) is 11.8 Å². The van der Waals surface area contributed by atoms with Gasteiger partial charge < -0.3 is 14.9 Å². The van der Waals surface area contributed by atoms with Crippen molar-refractivity contribution in [2.45, 2.75) is 70.3 Å². The van der Waals surface area contributed by atoms with E-state index in [0.717, 1.165) is 6.04 Å². The molecule has 1 heterocycles. The van der Waals surface area contributed by atoms with Crippen LogP contribution in [0.25, 0.3) is 0 Å². The Morgan fingerprint density at radius 3 is 2.19 bits per heavy atom. The third kappa shape index (κ3) is 6.12. The van der Waals surface area contributed by atoms with Crippen LogP contribution in [0, 0.1) is 5.92 Å². The maximum atomic E-state index is 12.1. The summed E-state index contributed by atoms with van der Waals surface area (Å²) >= 11 is 0. The van der Waals surface area contributed by atoms with E-state index in [1.165, 1.54) is 0 Å². The average Bonchev–Trinajstić information content (AvgIpc) is 2.86. The number of ether oxygens (including phenoxy) is 1. The fourth-order valence-corrected chi connectivity index (χ4v) is 3.67. The van der Waals surface area contributed by atoms with Crippen molar-refractivity contribution in [1.82, 2.24) is 10.4 Å². The number of carbonyl (C=O) groups is 4. The fourth-order valence-electron chi connectivity index (χ4n) is 2.95. The second-order valence-corrected chi connectivity index (χ2v) is 13.8. The molecule has 3 amide bonds. The zero-order valence-electron chi connectivity index (χ0n) is 15.7. The Hall–Kier alpha value is -1.90. The quantitative estimate of drug-likeness (QED) is 0.556. The molecular formula is C17H28N2O6Si. The number of alkyl carbamates (subject to hydrolysis) is 1. The molecule has 0 bridgehead atoms. The Morgan fingerprint density at radius 1 is 1.08 bits per heavy atom. The second kappa shape index (κ2) is 8.66. The molecule has 2 aliphatic rings. The summed E-state index contributed by atoms with van der Waals surface area (Å²) in [6, 6.07) is 0.890. The minimum Gasteiger partial charge on any atom is -0.450 e. The van der Waals surface area contributed by atoms with Crippen molar-refractivity contribution in [3.05, 3.63) is 0 Å². The SMILES string of the molecule is C[Si](C)(C)CCOC(=O)NC1CCC(C(=O)ON2C(=O)CCC2=O)CC1. The standard InChI is InChI=1S/C17H28N2O6Si/c1-26(2,3)11-10-24-17(23)18-13-6-4-12(5-7-13)16(22)25-19-14(20)8-9-15(19)21/h12-13H,4-11H2,1-3H3,(H,18,23). The van der Waals surface area contributed by atoms with Crippen LogP contribution in [0.4, 0.5) is 4.79 Å². The number of nitrogens with one attached hydrogen (secondary N) is 1. The molecule has 1 saturated carbocycles. The van der Waals surface area contributed by atoms with Crippen LogP contribution in [0.5, 0.6) is 0 Å². The minimum atomic E-state index is -1.23. The first-order valence-corrected chi connectivity index (χ1v) is 12.9. The number of amides is 3. The van der Waals surface area contributed by atoms with Gasteiger partial charge in [-0.25, -0.2) is 9.59 Å². The third-order valence-electron chi connectivity index (χ3n) is 4.65. The van der Waals surface area contributed by atoms with E-state index in [1.807, 2.05) is 0 Å². The van der Waals surface area contributed by atoms with E-state index in [-0.39, 0.29) is 24.8 Å². The van der Waals surface area contributed by atoms with Gasteiger partial charge in [-0.2, -0.15) is 0 Å². The summed E-state index contributed by atoms with van der Waals surface area (Å²) in [6.07, 6.45) is 2.09. The molecule has 0 spiro atoms. The van der Waals surface area contributed by atoms with Gasteiger partial charge in [-0.05, 0) is 31.7 Å². The Morgan fingerprint density at radius 2 is 1.65 bits per heavy atom. The molecule has 1 aliphatic carbocycles. The summed E-state index contributed by atoms with van der Waals surface area (Å²) in [5, 5.41) is 3.42. The Kier molecular flexibility index (Phi) is 6.79. The Bertz CT molecular complexity index is 550. The highest BCUT2D eigenvalue weighted by Gasteiger charge is 2.36. The Labute approximate surface area is 154 Å². The summed E-state index contributed by atoms with van der Waals surface area (Å²) in [5.41, 5.74) is 0. The van der Waals surface area contributed by atoms with Gasteiger partial charge in [0.2, 0.25) is 0 Å². The lowest BCUT2D eigenvalue weighted by molar-refractivity contribution is -0.201. The second-order valence-electron chi connectivity index (χ2n) is 8.13. The molecular weight excluding hydrogens is 356 g/mol. The maximum absolute atomic E-state index is 12.1. The van der Waals surface area contributed by atoms with Gasteiger partial charge in [-0.3, -0.25) is 9.59 Å². The van der Waals surface area contributed by atoms with Crippen LogP contribution < -0.4 is 5.32 Å². The van der Waals surface area contributed by atoms with E-state index < -0.39 is 32.0 Å². The first-order valence-electron chi connectivity index (χ1n) is 9.16. The lowest BCUT2D eigenvalue weighted by Gasteiger charge is -2.28. The Balaban J connectivity index is 1.68. The summed E-state index contributed by atoms with van der Waals surface area (Å²) < 4.78 is 5.22. The number of hydroxylamine groups is 2. The van der Waals surface area contributed by atoms with Crippen LogP contribution in [0.3, 0.4) is 0 Å². The smallest absolute Gasteiger partial charge is 0.407 e. The highest BCUT2D eigenvalue weighted by Crippen LogP contribution is 2.26. The van der Waals surface area contributed by atoms with Gasteiger partial charge in [0, 0.05) is 27.0 Å². The topological polar surface area (TPSA) is 102 Å². The number of imide groups is 1. The number of hydrogen-bond acceptors (Lipinski definition) is 6. The average molecular weight is 385 g/mol. The molecule has 0 aromatic carbocycles. The summed E-state index contributed by atoms with van der Waals surface area (Å²) in [4.78, 5) is 51.9.